The topological polar surface area (TPSA) is 104 Å². The molecule has 6 nitrogen and oxygen atoms in total. The Hall–Kier alpha value is -2.47. The quantitative estimate of drug-likeness (QED) is 0.536. The predicted molar refractivity (Wildman–Crippen MR) is 56.7 cm³/mol. The van der Waals surface area contributed by atoms with Gasteiger partial charge in [-0.15, -0.1) is 0 Å². The fourth-order valence-corrected chi connectivity index (χ4v) is 2.08. The van der Waals surface area contributed by atoms with Crippen molar-refractivity contribution in [2.75, 3.05) is 0 Å². The number of hydrogen-bond acceptors (Lipinski definition) is 5. The van der Waals surface area contributed by atoms with Gasteiger partial charge in [0.2, 0.25) is 0 Å². The molecule has 0 aromatic carbocycles. The largest absolute Gasteiger partial charge is 0.287 e. The third kappa shape index (κ3) is 1.60. The van der Waals surface area contributed by atoms with Crippen molar-refractivity contribution in [3.63, 3.8) is 0 Å². The predicted octanol–water partition coefficient (Wildman–Crippen LogP) is 1.61. The fourth-order valence-electron chi connectivity index (χ4n) is 2.08. The van der Waals surface area contributed by atoms with Crippen LogP contribution in [0.1, 0.15) is 24.1 Å². The van der Waals surface area contributed by atoms with E-state index in [9.17, 15) is 10.1 Å². The molecule has 17 heavy (non-hydrogen) atoms. The molecule has 84 valence electrons. The average molecular weight is 228 g/mol. The van der Waals surface area contributed by atoms with E-state index in [1.807, 2.05) is 12.1 Å². The van der Waals surface area contributed by atoms with E-state index in [2.05, 4.69) is 4.98 Å². The molecule has 2 rings (SSSR count). The Morgan fingerprint density at radius 2 is 2.18 bits per heavy atom. The maximum atomic E-state index is 10.6. The van der Waals surface area contributed by atoms with Crippen molar-refractivity contribution >= 4 is 5.69 Å². The highest BCUT2D eigenvalue weighted by Gasteiger charge is 2.39. The number of rotatable bonds is 1. The van der Waals surface area contributed by atoms with Gasteiger partial charge in [-0.1, -0.05) is 0 Å². The molecule has 0 bridgehead atoms. The van der Waals surface area contributed by atoms with Crippen LogP contribution in [0.3, 0.4) is 0 Å². The molecule has 1 aromatic heterocycles. The maximum absolute atomic E-state index is 10.6. The summed E-state index contributed by atoms with van der Waals surface area (Å²) in [7, 11) is 0. The minimum Gasteiger partial charge on any atom is -0.258 e. The summed E-state index contributed by atoms with van der Waals surface area (Å²) < 4.78 is 0. The van der Waals surface area contributed by atoms with E-state index in [1.165, 1.54) is 6.07 Å². The number of fused-ring (bicyclic) bond motifs is 1. The second-order valence-electron chi connectivity index (χ2n) is 3.94. The molecule has 0 atom stereocenters. The van der Waals surface area contributed by atoms with Crippen molar-refractivity contribution < 1.29 is 4.92 Å². The summed E-state index contributed by atoms with van der Waals surface area (Å²) in [4.78, 5) is 14.0. The van der Waals surface area contributed by atoms with Gasteiger partial charge >= 0.3 is 0 Å². The SMILES string of the molecule is N#CC1(C#N)CCCc2cc([N+](=O)[O-])cnc21. The second-order valence-corrected chi connectivity index (χ2v) is 3.94. The Morgan fingerprint density at radius 3 is 2.76 bits per heavy atom. The van der Waals surface area contributed by atoms with Crippen LogP contribution in [0, 0.1) is 32.8 Å². The van der Waals surface area contributed by atoms with Crippen molar-refractivity contribution in [1.82, 2.24) is 4.98 Å². The van der Waals surface area contributed by atoms with Crippen LogP contribution in [0.4, 0.5) is 5.69 Å². The van der Waals surface area contributed by atoms with Gasteiger partial charge in [0, 0.05) is 6.07 Å². The number of nitriles is 2. The van der Waals surface area contributed by atoms with Gasteiger partial charge < -0.3 is 0 Å². The monoisotopic (exact) mass is 228 g/mol. The molecule has 0 amide bonds. The van der Waals surface area contributed by atoms with Crippen LogP contribution in [0.2, 0.25) is 0 Å². The van der Waals surface area contributed by atoms with Crippen LogP contribution >= 0.6 is 0 Å². The van der Waals surface area contributed by atoms with Gasteiger partial charge in [-0.05, 0) is 24.8 Å². The summed E-state index contributed by atoms with van der Waals surface area (Å²) in [5, 5.41) is 28.9. The number of nitro groups is 1. The van der Waals surface area contributed by atoms with Crippen LogP contribution in [0.15, 0.2) is 12.3 Å². The molecule has 6 heteroatoms. The van der Waals surface area contributed by atoms with E-state index in [4.69, 9.17) is 10.5 Å². The third-order valence-electron chi connectivity index (χ3n) is 2.95. The van der Waals surface area contributed by atoms with Gasteiger partial charge in [0.25, 0.3) is 5.69 Å². The number of aryl methyl sites for hydroxylation is 1. The number of nitrogens with zero attached hydrogens (tertiary/aromatic N) is 4. The Kier molecular flexibility index (Phi) is 2.49. The van der Waals surface area contributed by atoms with Gasteiger partial charge in [0.15, 0.2) is 5.41 Å². The summed E-state index contributed by atoms with van der Waals surface area (Å²) in [6.07, 6.45) is 2.82. The van der Waals surface area contributed by atoms with Gasteiger partial charge in [-0.3, -0.25) is 15.1 Å². The molecule has 0 N–H and O–H groups in total. The van der Waals surface area contributed by atoms with E-state index < -0.39 is 10.3 Å². The van der Waals surface area contributed by atoms with E-state index in [-0.39, 0.29) is 5.69 Å². The van der Waals surface area contributed by atoms with Gasteiger partial charge in [-0.2, -0.15) is 10.5 Å². The molecule has 1 heterocycles. The molecular weight excluding hydrogens is 220 g/mol. The molecular formula is C11H8N4O2. The summed E-state index contributed by atoms with van der Waals surface area (Å²) >= 11 is 0. The number of aromatic nitrogens is 1. The average Bonchev–Trinajstić information content (AvgIpc) is 2.37. The Balaban J connectivity index is 2.60. The maximum Gasteiger partial charge on any atom is 0.287 e. The zero-order valence-electron chi connectivity index (χ0n) is 8.88. The first-order valence-electron chi connectivity index (χ1n) is 5.09. The minimum absolute atomic E-state index is 0.101. The van der Waals surface area contributed by atoms with Gasteiger partial charge in [-0.25, -0.2) is 0 Å². The minimum atomic E-state index is -1.25. The van der Waals surface area contributed by atoms with Crippen molar-refractivity contribution in [2.24, 2.45) is 0 Å². The molecule has 0 unspecified atom stereocenters. The standard InChI is InChI=1S/C11H8N4O2/c12-6-11(7-13)3-1-2-8-4-9(15(16)17)5-14-10(8)11/h4-5H,1-3H2. The van der Waals surface area contributed by atoms with Gasteiger partial charge in [0.1, 0.15) is 6.20 Å². The molecule has 1 aromatic rings. The Bertz CT molecular complexity index is 554. The van der Waals surface area contributed by atoms with E-state index in [0.29, 0.717) is 30.5 Å². The highest BCUT2D eigenvalue weighted by molar-refractivity contribution is 5.46. The molecule has 0 saturated carbocycles. The van der Waals surface area contributed by atoms with Crippen molar-refractivity contribution in [3.8, 4) is 12.1 Å². The van der Waals surface area contributed by atoms with Crippen LogP contribution in [-0.4, -0.2) is 9.91 Å². The lowest BCUT2D eigenvalue weighted by Gasteiger charge is -2.25. The van der Waals surface area contributed by atoms with E-state index >= 15 is 0 Å². The highest BCUT2D eigenvalue weighted by Crippen LogP contribution is 2.36. The molecule has 0 radical (unpaired) electrons. The normalized spacial score (nSPS) is 16.4. The highest BCUT2D eigenvalue weighted by atomic mass is 16.6. The molecule has 1 aliphatic carbocycles. The third-order valence-corrected chi connectivity index (χ3v) is 2.95. The summed E-state index contributed by atoms with van der Waals surface area (Å²) in [5.74, 6) is 0. The van der Waals surface area contributed by atoms with Crippen molar-refractivity contribution in [1.29, 1.82) is 10.5 Å². The number of pyridine rings is 1. The first kappa shape index (κ1) is 11.0. The summed E-state index contributed by atoms with van der Waals surface area (Å²) in [6.45, 7) is 0. The van der Waals surface area contributed by atoms with Crippen molar-refractivity contribution in [2.45, 2.75) is 24.7 Å². The summed E-state index contributed by atoms with van der Waals surface area (Å²) in [6, 6.07) is 5.36. The lowest BCUT2D eigenvalue weighted by Crippen LogP contribution is -2.29. The van der Waals surface area contributed by atoms with Crippen LogP contribution in [-0.2, 0) is 11.8 Å². The zero-order chi connectivity index (χ0) is 12.5. The second kappa shape index (κ2) is 3.84. The van der Waals surface area contributed by atoms with E-state index in [0.717, 1.165) is 6.20 Å². The molecule has 0 fully saturated rings. The van der Waals surface area contributed by atoms with Crippen molar-refractivity contribution in [3.05, 3.63) is 33.6 Å². The smallest absolute Gasteiger partial charge is 0.258 e. The lowest BCUT2D eigenvalue weighted by atomic mass is 9.75. The van der Waals surface area contributed by atoms with Crippen LogP contribution < -0.4 is 0 Å². The zero-order valence-corrected chi connectivity index (χ0v) is 8.88. The van der Waals surface area contributed by atoms with Gasteiger partial charge in [0.05, 0.1) is 22.8 Å². The Morgan fingerprint density at radius 1 is 1.47 bits per heavy atom. The molecule has 0 spiro atoms. The van der Waals surface area contributed by atoms with Crippen LogP contribution in [0.25, 0.3) is 0 Å². The summed E-state index contributed by atoms with van der Waals surface area (Å²) in [5.41, 5.74) is -0.341. The lowest BCUT2D eigenvalue weighted by molar-refractivity contribution is -0.385. The first-order valence-corrected chi connectivity index (χ1v) is 5.09. The first-order chi connectivity index (χ1) is 8.13. The Labute approximate surface area is 97.3 Å². The molecule has 0 aliphatic heterocycles. The van der Waals surface area contributed by atoms with E-state index in [1.54, 1.807) is 0 Å². The van der Waals surface area contributed by atoms with Crippen LogP contribution in [0.5, 0.6) is 0 Å². The molecule has 1 aliphatic rings. The number of hydrogen-bond donors (Lipinski definition) is 0. The molecule has 0 saturated heterocycles. The fraction of sp³-hybridized carbons (Fsp3) is 0.364.